The summed E-state index contributed by atoms with van der Waals surface area (Å²) in [5, 5.41) is 2.96. The molecule has 2 rings (SSSR count). The second-order valence-electron chi connectivity index (χ2n) is 5.47. The summed E-state index contributed by atoms with van der Waals surface area (Å²) in [4.78, 5) is 10.8. The van der Waals surface area contributed by atoms with Gasteiger partial charge in [0.15, 0.2) is 11.5 Å². The Morgan fingerprint density at radius 1 is 1.30 bits per heavy atom. The lowest BCUT2D eigenvalue weighted by atomic mass is 9.91. The van der Waals surface area contributed by atoms with E-state index in [2.05, 4.69) is 11.4 Å². The number of rotatable bonds is 9. The minimum absolute atomic E-state index is 0.184. The number of carbonyl (C=O) groups is 1. The molecule has 128 valence electrons. The molecule has 6 heteroatoms. The fraction of sp³-hybridized carbons (Fsp3) is 0.588. The van der Waals surface area contributed by atoms with Crippen LogP contribution >= 0.6 is 11.8 Å². The van der Waals surface area contributed by atoms with E-state index in [0.717, 1.165) is 42.3 Å². The Hall–Kier alpha value is -1.40. The maximum Gasteiger partial charge on any atom is 0.207 e. The monoisotopic (exact) mass is 339 g/mol. The smallest absolute Gasteiger partial charge is 0.207 e. The largest absolute Gasteiger partial charge is 0.493 e. The molecule has 0 bridgehead atoms. The topological polar surface area (TPSA) is 56.8 Å². The van der Waals surface area contributed by atoms with Crippen LogP contribution in [-0.4, -0.2) is 51.4 Å². The number of carbonyl (C=O) groups excluding carboxylic acids is 1. The number of methoxy groups -OCH3 is 2. The highest BCUT2D eigenvalue weighted by atomic mass is 32.2. The Kier molecular flexibility index (Phi) is 7.55. The molecule has 1 saturated heterocycles. The van der Waals surface area contributed by atoms with Gasteiger partial charge < -0.3 is 19.5 Å². The maximum atomic E-state index is 10.8. The first-order valence-corrected chi connectivity index (χ1v) is 9.02. The molecule has 1 heterocycles. The molecule has 1 amide bonds. The second kappa shape index (κ2) is 9.67. The van der Waals surface area contributed by atoms with Gasteiger partial charge in [0, 0.05) is 37.9 Å². The van der Waals surface area contributed by atoms with Crippen molar-refractivity contribution < 1.29 is 19.0 Å². The van der Waals surface area contributed by atoms with Crippen LogP contribution in [0.4, 0.5) is 0 Å². The van der Waals surface area contributed by atoms with E-state index in [1.807, 2.05) is 23.9 Å². The van der Waals surface area contributed by atoms with Crippen molar-refractivity contribution in [3.05, 3.63) is 23.8 Å². The molecule has 23 heavy (non-hydrogen) atoms. The van der Waals surface area contributed by atoms with Crippen molar-refractivity contribution in [3.8, 4) is 11.5 Å². The fourth-order valence-electron chi connectivity index (χ4n) is 2.78. The average molecular weight is 339 g/mol. The van der Waals surface area contributed by atoms with Gasteiger partial charge in [-0.25, -0.2) is 0 Å². The zero-order valence-corrected chi connectivity index (χ0v) is 14.6. The van der Waals surface area contributed by atoms with Gasteiger partial charge >= 0.3 is 0 Å². The van der Waals surface area contributed by atoms with Gasteiger partial charge in [0.25, 0.3) is 0 Å². The zero-order chi connectivity index (χ0) is 16.5. The number of hydrogen-bond acceptors (Lipinski definition) is 5. The lowest BCUT2D eigenvalue weighted by Crippen LogP contribution is -2.38. The Balaban J connectivity index is 2.12. The zero-order valence-electron chi connectivity index (χ0n) is 13.7. The molecule has 1 fully saturated rings. The van der Waals surface area contributed by atoms with Gasteiger partial charge in [-0.3, -0.25) is 4.79 Å². The number of hydrogen-bond donors (Lipinski definition) is 1. The van der Waals surface area contributed by atoms with E-state index in [1.165, 1.54) is 5.56 Å². The van der Waals surface area contributed by atoms with Gasteiger partial charge in [-0.2, -0.15) is 11.8 Å². The Morgan fingerprint density at radius 2 is 2.17 bits per heavy atom. The van der Waals surface area contributed by atoms with Gasteiger partial charge in [-0.1, -0.05) is 6.07 Å². The number of ether oxygens (including phenoxy) is 3. The molecule has 1 N–H and O–H groups in total. The van der Waals surface area contributed by atoms with Crippen LogP contribution in [0.1, 0.15) is 24.3 Å². The summed E-state index contributed by atoms with van der Waals surface area (Å²) in [6.45, 7) is 1.26. The Morgan fingerprint density at radius 3 is 2.91 bits per heavy atom. The first-order chi connectivity index (χ1) is 11.3. The van der Waals surface area contributed by atoms with Crippen molar-refractivity contribution in [3.63, 3.8) is 0 Å². The van der Waals surface area contributed by atoms with Crippen LogP contribution in [0.3, 0.4) is 0 Å². The van der Waals surface area contributed by atoms with Gasteiger partial charge in [0.2, 0.25) is 6.41 Å². The summed E-state index contributed by atoms with van der Waals surface area (Å²) in [5.74, 6) is 3.86. The highest BCUT2D eigenvalue weighted by Crippen LogP contribution is 2.36. The second-order valence-corrected chi connectivity index (χ2v) is 6.62. The summed E-state index contributed by atoms with van der Waals surface area (Å²) in [6.07, 6.45) is 2.63. The predicted octanol–water partition coefficient (Wildman–Crippen LogP) is 2.45. The highest BCUT2D eigenvalue weighted by molar-refractivity contribution is 7.99. The molecule has 0 saturated carbocycles. The third kappa shape index (κ3) is 5.04. The molecule has 1 aliphatic rings. The molecule has 2 unspecified atom stereocenters. The first-order valence-electron chi connectivity index (χ1n) is 7.87. The normalized spacial score (nSPS) is 20.8. The number of amides is 1. The van der Waals surface area contributed by atoms with Crippen LogP contribution in [0.5, 0.6) is 11.5 Å². The summed E-state index contributed by atoms with van der Waals surface area (Å²) < 4.78 is 16.3. The fourth-order valence-corrected chi connectivity index (χ4v) is 4.04. The molecular formula is C17H25NO4S. The molecule has 5 nitrogen and oxygen atoms in total. The van der Waals surface area contributed by atoms with E-state index >= 15 is 0 Å². The van der Waals surface area contributed by atoms with Gasteiger partial charge in [-0.15, -0.1) is 0 Å². The van der Waals surface area contributed by atoms with Gasteiger partial charge in [-0.05, 0) is 29.9 Å². The molecule has 1 aromatic carbocycles. The van der Waals surface area contributed by atoms with E-state index in [1.54, 1.807) is 14.2 Å². The minimum atomic E-state index is 0.184. The molecule has 1 aliphatic heterocycles. The summed E-state index contributed by atoms with van der Waals surface area (Å²) in [6, 6.07) is 6.24. The van der Waals surface area contributed by atoms with E-state index in [0.29, 0.717) is 19.1 Å². The third-order valence-electron chi connectivity index (χ3n) is 4.00. The number of benzene rings is 1. The van der Waals surface area contributed by atoms with Gasteiger partial charge in [0.1, 0.15) is 0 Å². The Labute approximate surface area is 142 Å². The number of nitrogens with one attached hydrogen (secondary N) is 1. The molecule has 0 aliphatic carbocycles. The molecule has 2 atom stereocenters. The standard InChI is InChI=1S/C17H25NO4S/c1-20-7-3-8-22-17-10-13(4-5-16(17)21-2)14-11-23-9-6-15(14)18-12-19/h4-5,10,12,14-15H,3,6-9,11H2,1-2H3,(H,18,19). The van der Waals surface area contributed by atoms with Crippen LogP contribution < -0.4 is 14.8 Å². The summed E-state index contributed by atoms with van der Waals surface area (Å²) in [7, 11) is 3.33. The summed E-state index contributed by atoms with van der Waals surface area (Å²) >= 11 is 1.92. The highest BCUT2D eigenvalue weighted by Gasteiger charge is 2.27. The number of thioether (sulfide) groups is 1. The molecule has 1 aromatic rings. The van der Waals surface area contributed by atoms with Crippen LogP contribution in [0, 0.1) is 0 Å². The van der Waals surface area contributed by atoms with E-state index in [4.69, 9.17) is 14.2 Å². The molecule has 0 radical (unpaired) electrons. The Bertz CT molecular complexity index is 497. The molecule has 0 aromatic heterocycles. The van der Waals surface area contributed by atoms with Crippen molar-refractivity contribution in [1.82, 2.24) is 5.32 Å². The summed E-state index contributed by atoms with van der Waals surface area (Å²) in [5.41, 5.74) is 1.18. The van der Waals surface area contributed by atoms with Crippen molar-refractivity contribution in [2.45, 2.75) is 24.8 Å². The lowest BCUT2D eigenvalue weighted by molar-refractivity contribution is -0.110. The van der Waals surface area contributed by atoms with E-state index in [9.17, 15) is 4.79 Å². The SMILES string of the molecule is COCCCOc1cc(C2CSCCC2NC=O)ccc1OC. The van der Waals surface area contributed by atoms with E-state index in [-0.39, 0.29) is 6.04 Å². The van der Waals surface area contributed by atoms with Crippen LogP contribution in [0.15, 0.2) is 18.2 Å². The molecular weight excluding hydrogens is 314 g/mol. The maximum absolute atomic E-state index is 10.8. The van der Waals surface area contributed by atoms with Gasteiger partial charge in [0.05, 0.1) is 13.7 Å². The van der Waals surface area contributed by atoms with Crippen LogP contribution in [0.25, 0.3) is 0 Å². The third-order valence-corrected chi connectivity index (χ3v) is 5.12. The van der Waals surface area contributed by atoms with Crippen LogP contribution in [-0.2, 0) is 9.53 Å². The van der Waals surface area contributed by atoms with Crippen molar-refractivity contribution in [1.29, 1.82) is 0 Å². The predicted molar refractivity (Wildman–Crippen MR) is 92.7 cm³/mol. The van der Waals surface area contributed by atoms with Crippen molar-refractivity contribution in [2.75, 3.05) is 38.9 Å². The quantitative estimate of drug-likeness (QED) is 0.553. The van der Waals surface area contributed by atoms with Crippen molar-refractivity contribution in [2.24, 2.45) is 0 Å². The first kappa shape index (κ1) is 17.9. The van der Waals surface area contributed by atoms with E-state index < -0.39 is 0 Å². The van der Waals surface area contributed by atoms with Crippen molar-refractivity contribution >= 4 is 18.2 Å². The average Bonchev–Trinajstić information content (AvgIpc) is 2.59. The molecule has 0 spiro atoms. The van der Waals surface area contributed by atoms with Crippen LogP contribution in [0.2, 0.25) is 0 Å². The lowest BCUT2D eigenvalue weighted by Gasteiger charge is -2.31. The minimum Gasteiger partial charge on any atom is -0.493 e.